The first-order valence-electron chi connectivity index (χ1n) is 5.12. The molecule has 1 saturated carbocycles. The summed E-state index contributed by atoms with van der Waals surface area (Å²) in [6, 6.07) is 0. The van der Waals surface area contributed by atoms with Crippen molar-refractivity contribution >= 4 is 5.91 Å². The predicted molar refractivity (Wildman–Crippen MR) is 51.4 cm³/mol. The average molecular weight is 182 g/mol. The molecule has 2 aliphatic rings. The third kappa shape index (κ3) is 2.02. The fourth-order valence-electron chi connectivity index (χ4n) is 1.92. The van der Waals surface area contributed by atoms with Gasteiger partial charge in [0.15, 0.2) is 0 Å². The molecule has 0 unspecified atom stereocenters. The lowest BCUT2D eigenvalue weighted by molar-refractivity contribution is -0.134. The molecule has 1 heterocycles. The van der Waals surface area contributed by atoms with E-state index in [0.29, 0.717) is 11.8 Å². The van der Waals surface area contributed by atoms with Crippen LogP contribution in [0.5, 0.6) is 0 Å². The molecule has 0 radical (unpaired) electrons. The van der Waals surface area contributed by atoms with Gasteiger partial charge in [0.05, 0.1) is 0 Å². The molecule has 0 aromatic rings. The molecule has 1 amide bonds. The van der Waals surface area contributed by atoms with Crippen LogP contribution >= 0.6 is 0 Å². The second kappa shape index (κ2) is 2.98. The number of amides is 1. The third-order valence-corrected chi connectivity index (χ3v) is 2.81. The Morgan fingerprint density at radius 2 is 2.15 bits per heavy atom. The van der Waals surface area contributed by atoms with Gasteiger partial charge in [-0.3, -0.25) is 4.79 Å². The number of carbonyl (C=O) groups excluding carboxylic acids is 1. The largest absolute Gasteiger partial charge is 0.339 e. The molecular weight excluding hydrogens is 164 g/mol. The first kappa shape index (κ1) is 9.00. The summed E-state index contributed by atoms with van der Waals surface area (Å²) in [7, 11) is 0. The second-order valence-corrected chi connectivity index (χ2v) is 4.84. The number of carbonyl (C=O) groups is 1. The van der Waals surface area contributed by atoms with Crippen LogP contribution in [0.4, 0.5) is 0 Å². The minimum atomic E-state index is 0.100. The highest BCUT2D eigenvalue weighted by atomic mass is 16.2. The zero-order chi connectivity index (χ0) is 9.47. The molecule has 0 spiro atoms. The van der Waals surface area contributed by atoms with Crippen molar-refractivity contribution in [2.75, 3.05) is 19.6 Å². The Balaban J connectivity index is 1.95. The minimum absolute atomic E-state index is 0.100. The van der Waals surface area contributed by atoms with Crippen LogP contribution in [0.2, 0.25) is 0 Å². The van der Waals surface area contributed by atoms with Crippen LogP contribution in [-0.4, -0.2) is 36.0 Å². The minimum Gasteiger partial charge on any atom is -0.339 e. The van der Waals surface area contributed by atoms with Gasteiger partial charge in [0.25, 0.3) is 0 Å². The highest BCUT2D eigenvalue weighted by molar-refractivity contribution is 5.81. The molecule has 0 aromatic carbocycles. The number of nitrogens with one attached hydrogen (secondary N) is 1. The summed E-state index contributed by atoms with van der Waals surface area (Å²) in [6.07, 6.45) is 2.23. The molecule has 0 atom stereocenters. The third-order valence-electron chi connectivity index (χ3n) is 2.81. The van der Waals surface area contributed by atoms with E-state index in [4.69, 9.17) is 0 Å². The molecule has 1 aliphatic heterocycles. The summed E-state index contributed by atoms with van der Waals surface area (Å²) in [4.78, 5) is 13.8. The molecule has 0 aromatic heterocycles. The van der Waals surface area contributed by atoms with E-state index in [2.05, 4.69) is 19.2 Å². The van der Waals surface area contributed by atoms with Crippen LogP contribution in [0, 0.1) is 5.92 Å². The summed E-state index contributed by atoms with van der Waals surface area (Å²) in [5, 5.41) is 3.41. The first-order chi connectivity index (χ1) is 6.08. The molecule has 3 heteroatoms. The maximum Gasteiger partial charge on any atom is 0.225 e. The van der Waals surface area contributed by atoms with Gasteiger partial charge >= 0.3 is 0 Å². The molecule has 2 rings (SSSR count). The van der Waals surface area contributed by atoms with Crippen molar-refractivity contribution in [2.24, 2.45) is 5.92 Å². The van der Waals surface area contributed by atoms with Crippen LogP contribution in [-0.2, 0) is 4.79 Å². The molecule has 1 N–H and O–H groups in total. The van der Waals surface area contributed by atoms with Crippen LogP contribution < -0.4 is 5.32 Å². The van der Waals surface area contributed by atoms with Gasteiger partial charge in [-0.1, -0.05) is 0 Å². The molecule has 13 heavy (non-hydrogen) atoms. The van der Waals surface area contributed by atoms with E-state index in [1.165, 1.54) is 0 Å². The van der Waals surface area contributed by atoms with E-state index in [9.17, 15) is 4.79 Å². The van der Waals surface area contributed by atoms with E-state index in [-0.39, 0.29) is 5.54 Å². The van der Waals surface area contributed by atoms with Crippen molar-refractivity contribution in [1.29, 1.82) is 0 Å². The Hall–Kier alpha value is -0.570. The standard InChI is InChI=1S/C10H18N2O/c1-10(2)7-12(6-5-11-10)9(13)8-3-4-8/h8,11H,3-7H2,1-2H3. The Bertz CT molecular complexity index is 221. The van der Waals surface area contributed by atoms with Crippen LogP contribution in [0.15, 0.2) is 0 Å². The Labute approximate surface area is 79.5 Å². The maximum atomic E-state index is 11.7. The molecule has 3 nitrogen and oxygen atoms in total. The summed E-state index contributed by atoms with van der Waals surface area (Å²) in [5.74, 6) is 0.753. The van der Waals surface area contributed by atoms with Gasteiger partial charge in [-0.05, 0) is 26.7 Å². The van der Waals surface area contributed by atoms with E-state index >= 15 is 0 Å². The normalized spacial score (nSPS) is 27.4. The van der Waals surface area contributed by atoms with Crippen LogP contribution in [0.25, 0.3) is 0 Å². The number of nitrogens with zero attached hydrogens (tertiary/aromatic N) is 1. The maximum absolute atomic E-state index is 11.7. The van der Waals surface area contributed by atoms with Gasteiger partial charge in [-0.15, -0.1) is 0 Å². The zero-order valence-electron chi connectivity index (χ0n) is 8.47. The number of piperazine rings is 1. The lowest BCUT2D eigenvalue weighted by Gasteiger charge is -2.39. The van der Waals surface area contributed by atoms with Crippen molar-refractivity contribution in [3.05, 3.63) is 0 Å². The predicted octanol–water partition coefficient (Wildman–Crippen LogP) is 0.607. The van der Waals surface area contributed by atoms with Crippen molar-refractivity contribution in [3.8, 4) is 0 Å². The van der Waals surface area contributed by atoms with E-state index in [1.807, 2.05) is 4.90 Å². The molecule has 0 bridgehead atoms. The topological polar surface area (TPSA) is 32.3 Å². The lowest BCUT2D eigenvalue weighted by atomic mass is 10.0. The van der Waals surface area contributed by atoms with Gasteiger partial charge in [0, 0.05) is 31.1 Å². The lowest BCUT2D eigenvalue weighted by Crippen LogP contribution is -2.58. The van der Waals surface area contributed by atoms with Crippen molar-refractivity contribution in [1.82, 2.24) is 10.2 Å². The van der Waals surface area contributed by atoms with Gasteiger partial charge in [-0.2, -0.15) is 0 Å². The fourth-order valence-corrected chi connectivity index (χ4v) is 1.92. The molecule has 1 saturated heterocycles. The quantitative estimate of drug-likeness (QED) is 0.644. The van der Waals surface area contributed by atoms with Crippen molar-refractivity contribution in [2.45, 2.75) is 32.2 Å². The number of hydrogen-bond donors (Lipinski definition) is 1. The zero-order valence-corrected chi connectivity index (χ0v) is 8.47. The molecule has 1 aliphatic carbocycles. The summed E-state index contributed by atoms with van der Waals surface area (Å²) < 4.78 is 0. The van der Waals surface area contributed by atoms with Crippen LogP contribution in [0.1, 0.15) is 26.7 Å². The van der Waals surface area contributed by atoms with Gasteiger partial charge in [0.1, 0.15) is 0 Å². The smallest absolute Gasteiger partial charge is 0.225 e. The summed E-state index contributed by atoms with van der Waals surface area (Å²) in [5.41, 5.74) is 0.100. The number of hydrogen-bond acceptors (Lipinski definition) is 2. The van der Waals surface area contributed by atoms with Gasteiger partial charge in [0.2, 0.25) is 5.91 Å². The highest BCUT2D eigenvalue weighted by Crippen LogP contribution is 2.31. The SMILES string of the molecule is CC1(C)CN(C(=O)C2CC2)CCN1. The van der Waals surface area contributed by atoms with E-state index < -0.39 is 0 Å². The van der Waals surface area contributed by atoms with E-state index in [0.717, 1.165) is 32.5 Å². The van der Waals surface area contributed by atoms with Gasteiger partial charge in [-0.25, -0.2) is 0 Å². The fraction of sp³-hybridized carbons (Fsp3) is 0.900. The van der Waals surface area contributed by atoms with E-state index in [1.54, 1.807) is 0 Å². The molecular formula is C10H18N2O. The summed E-state index contributed by atoms with van der Waals surface area (Å²) >= 11 is 0. The second-order valence-electron chi connectivity index (χ2n) is 4.84. The Morgan fingerprint density at radius 1 is 1.46 bits per heavy atom. The highest BCUT2D eigenvalue weighted by Gasteiger charge is 2.36. The monoisotopic (exact) mass is 182 g/mol. The number of rotatable bonds is 1. The van der Waals surface area contributed by atoms with Crippen LogP contribution in [0.3, 0.4) is 0 Å². The molecule has 74 valence electrons. The van der Waals surface area contributed by atoms with Crippen molar-refractivity contribution in [3.63, 3.8) is 0 Å². The van der Waals surface area contributed by atoms with Gasteiger partial charge < -0.3 is 10.2 Å². The first-order valence-corrected chi connectivity index (χ1v) is 5.12. The molecule has 2 fully saturated rings. The Kier molecular flexibility index (Phi) is 2.06. The summed E-state index contributed by atoms with van der Waals surface area (Å²) in [6.45, 7) is 6.99. The average Bonchev–Trinajstić information content (AvgIpc) is 2.83. The van der Waals surface area contributed by atoms with Crippen molar-refractivity contribution < 1.29 is 4.79 Å². The Morgan fingerprint density at radius 3 is 2.69 bits per heavy atom.